The lowest BCUT2D eigenvalue weighted by Gasteiger charge is -2.08. The highest BCUT2D eigenvalue weighted by atomic mass is 79.9. The van der Waals surface area contributed by atoms with Gasteiger partial charge in [0.1, 0.15) is 5.75 Å². The zero-order chi connectivity index (χ0) is 13.8. The average Bonchev–Trinajstić information content (AvgIpc) is 3.19. The van der Waals surface area contributed by atoms with Crippen molar-refractivity contribution in [3.8, 4) is 5.75 Å². The minimum absolute atomic E-state index is 0.178. The van der Waals surface area contributed by atoms with Gasteiger partial charge in [-0.3, -0.25) is 4.79 Å². The molecule has 1 aliphatic carbocycles. The van der Waals surface area contributed by atoms with Gasteiger partial charge in [0, 0.05) is 25.6 Å². The fourth-order valence-corrected chi connectivity index (χ4v) is 3.00. The monoisotopic (exact) mass is 390 g/mol. The second kappa shape index (κ2) is 6.72. The number of nitrogens with one attached hydrogen (secondary N) is 2. The molecule has 6 heteroatoms. The van der Waals surface area contributed by atoms with Crippen LogP contribution in [0.5, 0.6) is 5.75 Å². The molecule has 0 heterocycles. The number of benzene rings is 1. The van der Waals surface area contributed by atoms with E-state index in [4.69, 9.17) is 0 Å². The molecule has 19 heavy (non-hydrogen) atoms. The lowest BCUT2D eigenvalue weighted by Crippen LogP contribution is -2.32. The summed E-state index contributed by atoms with van der Waals surface area (Å²) in [6.45, 7) is 2.07. The van der Waals surface area contributed by atoms with Gasteiger partial charge in [-0.2, -0.15) is 0 Å². The number of amides is 1. The molecule has 1 saturated carbocycles. The van der Waals surface area contributed by atoms with Gasteiger partial charge >= 0.3 is 0 Å². The van der Waals surface area contributed by atoms with Crippen LogP contribution in [0.25, 0.3) is 0 Å². The Morgan fingerprint density at radius 2 is 1.89 bits per heavy atom. The second-order valence-corrected chi connectivity index (χ2v) is 6.36. The van der Waals surface area contributed by atoms with E-state index in [0.717, 1.165) is 24.9 Å². The van der Waals surface area contributed by atoms with E-state index in [1.807, 2.05) is 12.1 Å². The Morgan fingerprint density at radius 3 is 2.47 bits per heavy atom. The number of carbonyl (C=O) groups is 1. The predicted octanol–water partition coefficient (Wildman–Crippen LogP) is 2.53. The fraction of sp³-hybridized carbons (Fsp3) is 0.462. The van der Waals surface area contributed by atoms with Crippen LogP contribution in [0.4, 0.5) is 0 Å². The van der Waals surface area contributed by atoms with E-state index in [1.54, 1.807) is 0 Å². The molecule has 1 aromatic carbocycles. The number of hydrogen-bond acceptors (Lipinski definition) is 3. The Kier molecular flexibility index (Phi) is 5.24. The van der Waals surface area contributed by atoms with E-state index >= 15 is 0 Å². The summed E-state index contributed by atoms with van der Waals surface area (Å²) in [5, 5.41) is 15.8. The summed E-state index contributed by atoms with van der Waals surface area (Å²) in [5.74, 6) is 0.654. The van der Waals surface area contributed by atoms with Crippen molar-refractivity contribution in [1.29, 1.82) is 0 Å². The van der Waals surface area contributed by atoms with Crippen LogP contribution in [0.1, 0.15) is 18.4 Å². The standard InChI is InChI=1S/C13H16Br2N2O2/c14-10-5-8(6-11(15)12(10)18)7-16-3-4-17-13(19)9-1-2-9/h5-6,9,16,18H,1-4,7H2,(H,17,19). The predicted molar refractivity (Wildman–Crippen MR) is 80.9 cm³/mol. The molecule has 1 amide bonds. The number of phenols is 1. The van der Waals surface area contributed by atoms with Crippen molar-refractivity contribution in [2.24, 2.45) is 5.92 Å². The SMILES string of the molecule is O=C(NCCNCc1cc(Br)c(O)c(Br)c1)C1CC1. The minimum atomic E-state index is 0.178. The van der Waals surface area contributed by atoms with Crippen molar-refractivity contribution in [3.05, 3.63) is 26.6 Å². The third-order valence-electron chi connectivity index (χ3n) is 2.95. The number of halogens is 2. The van der Waals surface area contributed by atoms with E-state index in [-0.39, 0.29) is 17.6 Å². The van der Waals surface area contributed by atoms with Gasteiger partial charge < -0.3 is 15.7 Å². The number of carbonyl (C=O) groups excluding carboxylic acids is 1. The van der Waals surface area contributed by atoms with Gasteiger partial charge in [-0.15, -0.1) is 0 Å². The van der Waals surface area contributed by atoms with Gasteiger partial charge in [-0.05, 0) is 62.4 Å². The van der Waals surface area contributed by atoms with Crippen LogP contribution in [0.15, 0.2) is 21.1 Å². The van der Waals surface area contributed by atoms with Gasteiger partial charge in [-0.25, -0.2) is 0 Å². The molecule has 0 aliphatic heterocycles. The number of aromatic hydroxyl groups is 1. The molecular weight excluding hydrogens is 376 g/mol. The first kappa shape index (κ1) is 14.8. The normalized spacial score (nSPS) is 14.4. The second-order valence-electron chi connectivity index (χ2n) is 4.65. The van der Waals surface area contributed by atoms with Gasteiger partial charge in [0.25, 0.3) is 0 Å². The van der Waals surface area contributed by atoms with E-state index in [0.29, 0.717) is 22.0 Å². The Morgan fingerprint density at radius 1 is 1.26 bits per heavy atom. The van der Waals surface area contributed by atoms with Crippen molar-refractivity contribution in [2.45, 2.75) is 19.4 Å². The molecule has 1 aliphatic rings. The summed E-state index contributed by atoms with van der Waals surface area (Å²) in [6, 6.07) is 3.74. The van der Waals surface area contributed by atoms with E-state index in [1.165, 1.54) is 0 Å². The molecule has 0 unspecified atom stereocenters. The number of hydrogen-bond donors (Lipinski definition) is 3. The Labute approximate surface area is 129 Å². The highest BCUT2D eigenvalue weighted by Crippen LogP contribution is 2.33. The van der Waals surface area contributed by atoms with Crippen molar-refractivity contribution < 1.29 is 9.90 Å². The lowest BCUT2D eigenvalue weighted by molar-refractivity contribution is -0.122. The van der Waals surface area contributed by atoms with Crippen molar-refractivity contribution in [1.82, 2.24) is 10.6 Å². The molecule has 0 atom stereocenters. The molecule has 2 rings (SSSR count). The topological polar surface area (TPSA) is 61.4 Å². The highest BCUT2D eigenvalue weighted by molar-refractivity contribution is 9.11. The first-order chi connectivity index (χ1) is 9.08. The molecule has 104 valence electrons. The van der Waals surface area contributed by atoms with Crippen LogP contribution in [-0.2, 0) is 11.3 Å². The molecule has 0 radical (unpaired) electrons. The summed E-state index contributed by atoms with van der Waals surface area (Å²) in [4.78, 5) is 11.4. The zero-order valence-electron chi connectivity index (χ0n) is 10.4. The zero-order valence-corrected chi connectivity index (χ0v) is 13.6. The van der Waals surface area contributed by atoms with Crippen LogP contribution in [0, 0.1) is 5.92 Å². The quantitative estimate of drug-likeness (QED) is 0.653. The van der Waals surface area contributed by atoms with Crippen molar-refractivity contribution in [2.75, 3.05) is 13.1 Å². The fourth-order valence-electron chi connectivity index (χ4n) is 1.72. The minimum Gasteiger partial charge on any atom is -0.506 e. The summed E-state index contributed by atoms with van der Waals surface area (Å²) < 4.78 is 1.33. The Balaban J connectivity index is 1.69. The number of rotatable bonds is 6. The molecule has 0 aromatic heterocycles. The van der Waals surface area contributed by atoms with Crippen LogP contribution >= 0.6 is 31.9 Å². The van der Waals surface area contributed by atoms with Crippen molar-refractivity contribution >= 4 is 37.8 Å². The van der Waals surface area contributed by atoms with Crippen LogP contribution in [-0.4, -0.2) is 24.1 Å². The molecule has 1 fully saturated rings. The maximum absolute atomic E-state index is 11.4. The largest absolute Gasteiger partial charge is 0.506 e. The number of phenolic OH excluding ortho intramolecular Hbond substituents is 1. The van der Waals surface area contributed by atoms with Gasteiger partial charge in [-0.1, -0.05) is 0 Å². The maximum atomic E-state index is 11.4. The Bertz CT molecular complexity index is 453. The summed E-state index contributed by atoms with van der Waals surface area (Å²) >= 11 is 6.59. The summed E-state index contributed by atoms with van der Waals surface area (Å²) in [6.07, 6.45) is 2.07. The van der Waals surface area contributed by atoms with Gasteiger partial charge in [0.15, 0.2) is 0 Å². The average molecular weight is 392 g/mol. The van der Waals surface area contributed by atoms with Crippen LogP contribution < -0.4 is 10.6 Å². The third kappa shape index (κ3) is 4.47. The Hall–Kier alpha value is -0.590. The highest BCUT2D eigenvalue weighted by Gasteiger charge is 2.28. The first-order valence-corrected chi connectivity index (χ1v) is 7.82. The van der Waals surface area contributed by atoms with Crippen LogP contribution in [0.2, 0.25) is 0 Å². The summed E-state index contributed by atoms with van der Waals surface area (Å²) in [5.41, 5.74) is 1.06. The van der Waals surface area contributed by atoms with Gasteiger partial charge in [0.05, 0.1) is 8.95 Å². The van der Waals surface area contributed by atoms with E-state index in [9.17, 15) is 9.90 Å². The van der Waals surface area contributed by atoms with Gasteiger partial charge in [0.2, 0.25) is 5.91 Å². The summed E-state index contributed by atoms with van der Waals surface area (Å²) in [7, 11) is 0. The molecule has 1 aromatic rings. The first-order valence-electron chi connectivity index (χ1n) is 6.23. The van der Waals surface area contributed by atoms with E-state index in [2.05, 4.69) is 42.5 Å². The molecule has 0 bridgehead atoms. The van der Waals surface area contributed by atoms with E-state index < -0.39 is 0 Å². The molecular formula is C13H16Br2N2O2. The third-order valence-corrected chi connectivity index (χ3v) is 4.16. The molecule has 4 nitrogen and oxygen atoms in total. The molecule has 3 N–H and O–H groups in total. The molecule has 0 saturated heterocycles. The lowest BCUT2D eigenvalue weighted by atomic mass is 10.2. The van der Waals surface area contributed by atoms with Crippen molar-refractivity contribution in [3.63, 3.8) is 0 Å². The van der Waals surface area contributed by atoms with Crippen LogP contribution in [0.3, 0.4) is 0 Å². The molecule has 0 spiro atoms. The maximum Gasteiger partial charge on any atom is 0.223 e. The smallest absolute Gasteiger partial charge is 0.223 e.